The molecule has 2 heterocycles. The Morgan fingerprint density at radius 2 is 1.64 bits per heavy atom. The maximum Gasteiger partial charge on any atom is 0.282 e. The number of nitrogens with zero attached hydrogens (tertiary/aromatic N) is 1. The van der Waals surface area contributed by atoms with Crippen LogP contribution < -0.4 is 10.2 Å². The molecule has 0 bridgehead atoms. The molecule has 22 heavy (non-hydrogen) atoms. The van der Waals surface area contributed by atoms with Crippen LogP contribution in [0.25, 0.3) is 0 Å². The molecule has 4 nitrogen and oxygen atoms in total. The summed E-state index contributed by atoms with van der Waals surface area (Å²) in [4.78, 5) is 16.4. The smallest absolute Gasteiger partial charge is 0.282 e. The van der Waals surface area contributed by atoms with Gasteiger partial charge in [-0.15, -0.1) is 0 Å². The number of hydrogen-bond donors (Lipinski definition) is 2. The van der Waals surface area contributed by atoms with Crippen LogP contribution in [0.15, 0.2) is 0 Å². The summed E-state index contributed by atoms with van der Waals surface area (Å²) in [5.74, 6) is 0.402. The van der Waals surface area contributed by atoms with Crippen molar-refractivity contribution in [2.75, 3.05) is 13.2 Å². The molecule has 0 aromatic heterocycles. The summed E-state index contributed by atoms with van der Waals surface area (Å²) < 4.78 is 0. The van der Waals surface area contributed by atoms with Crippen molar-refractivity contribution in [3.63, 3.8) is 0 Å². The van der Waals surface area contributed by atoms with Gasteiger partial charge in [-0.3, -0.25) is 9.69 Å². The van der Waals surface area contributed by atoms with E-state index in [1.165, 1.54) is 32.1 Å². The summed E-state index contributed by atoms with van der Waals surface area (Å²) >= 11 is 0. The standard InChI is InChI=1S/C18H33N3O/c1-17(2)10-15(11-18(3,4)19-17)21-13-20(12-16(21)22)14-8-6-5-7-9-14/h14-15,19H,5-13H2,1-4H3/p+2. The zero-order valence-electron chi connectivity index (χ0n) is 15.0. The molecule has 0 aromatic carbocycles. The number of nitrogens with one attached hydrogen (secondary N) is 1. The SMILES string of the molecule is CC1(C)CC(N2C[NH+](C3CCCCC3)CC2=O)CC(C)(C)[NH2+]1. The van der Waals surface area contributed by atoms with E-state index in [9.17, 15) is 4.79 Å². The second kappa shape index (κ2) is 5.79. The summed E-state index contributed by atoms with van der Waals surface area (Å²) in [6.45, 7) is 11.0. The van der Waals surface area contributed by atoms with Crippen LogP contribution in [0.1, 0.15) is 72.6 Å². The van der Waals surface area contributed by atoms with Gasteiger partial charge in [0.1, 0.15) is 0 Å². The van der Waals surface area contributed by atoms with Crippen LogP contribution in [0.2, 0.25) is 0 Å². The summed E-state index contributed by atoms with van der Waals surface area (Å²) in [6, 6.07) is 1.17. The molecule has 1 amide bonds. The highest BCUT2D eigenvalue weighted by Gasteiger charge is 2.48. The molecule has 1 unspecified atom stereocenters. The van der Waals surface area contributed by atoms with E-state index in [1.807, 2.05) is 0 Å². The van der Waals surface area contributed by atoms with Crippen LogP contribution in [0.5, 0.6) is 0 Å². The maximum absolute atomic E-state index is 12.6. The molecule has 0 spiro atoms. The van der Waals surface area contributed by atoms with E-state index >= 15 is 0 Å². The first-order valence-corrected chi connectivity index (χ1v) is 9.27. The van der Waals surface area contributed by atoms with E-state index in [4.69, 9.17) is 0 Å². The number of amides is 1. The van der Waals surface area contributed by atoms with Gasteiger partial charge >= 0.3 is 0 Å². The van der Waals surface area contributed by atoms with Gasteiger partial charge in [-0.2, -0.15) is 0 Å². The Balaban J connectivity index is 1.68. The van der Waals surface area contributed by atoms with Gasteiger partial charge in [-0.25, -0.2) is 0 Å². The number of nitrogens with two attached hydrogens (primary N) is 1. The third-order valence-electron chi connectivity index (χ3n) is 6.00. The molecule has 1 saturated carbocycles. The predicted molar refractivity (Wildman–Crippen MR) is 87.5 cm³/mol. The molecule has 0 radical (unpaired) electrons. The first-order valence-electron chi connectivity index (χ1n) is 9.27. The largest absolute Gasteiger partial charge is 0.337 e. The Morgan fingerprint density at radius 1 is 1.05 bits per heavy atom. The quantitative estimate of drug-likeness (QED) is 0.756. The minimum atomic E-state index is 0.236. The average Bonchev–Trinajstić information content (AvgIpc) is 2.78. The van der Waals surface area contributed by atoms with E-state index in [0.29, 0.717) is 11.9 Å². The fourth-order valence-corrected chi connectivity index (χ4v) is 5.46. The third-order valence-corrected chi connectivity index (χ3v) is 6.00. The maximum atomic E-state index is 12.6. The normalized spacial score (nSPS) is 33.4. The van der Waals surface area contributed by atoms with Crippen molar-refractivity contribution in [3.05, 3.63) is 0 Å². The summed E-state index contributed by atoms with van der Waals surface area (Å²) in [5.41, 5.74) is 0.473. The molecule has 4 heteroatoms. The lowest BCUT2D eigenvalue weighted by molar-refractivity contribution is -0.917. The molecule has 3 fully saturated rings. The first kappa shape index (κ1) is 16.3. The summed E-state index contributed by atoms with van der Waals surface area (Å²) in [7, 11) is 0. The van der Waals surface area contributed by atoms with E-state index in [1.54, 1.807) is 4.90 Å². The molecule has 1 atom stereocenters. The molecule has 1 aliphatic carbocycles. The lowest BCUT2D eigenvalue weighted by Gasteiger charge is -2.45. The van der Waals surface area contributed by atoms with Gasteiger partial charge in [0.25, 0.3) is 5.91 Å². The van der Waals surface area contributed by atoms with Gasteiger partial charge in [0.2, 0.25) is 0 Å². The van der Waals surface area contributed by atoms with Gasteiger partial charge < -0.3 is 10.2 Å². The highest BCUT2D eigenvalue weighted by Crippen LogP contribution is 2.26. The highest BCUT2D eigenvalue weighted by atomic mass is 16.2. The molecule has 3 rings (SSSR count). The topological polar surface area (TPSA) is 41.4 Å². The number of piperidine rings is 1. The van der Waals surface area contributed by atoms with Gasteiger partial charge in [-0.05, 0) is 53.4 Å². The Kier molecular flexibility index (Phi) is 4.28. The average molecular weight is 309 g/mol. The van der Waals surface area contributed by atoms with Crippen molar-refractivity contribution in [1.29, 1.82) is 0 Å². The second-order valence-electron chi connectivity index (χ2n) is 9.38. The number of rotatable bonds is 2. The number of quaternary nitrogens is 2. The third kappa shape index (κ3) is 3.48. The number of carbonyl (C=O) groups is 1. The summed E-state index contributed by atoms with van der Waals surface area (Å²) in [5, 5.41) is 2.50. The predicted octanol–water partition coefficient (Wildman–Crippen LogP) is 0.287. The molecule has 2 saturated heterocycles. The fraction of sp³-hybridized carbons (Fsp3) is 0.944. The van der Waals surface area contributed by atoms with Crippen LogP contribution in [-0.2, 0) is 4.79 Å². The van der Waals surface area contributed by atoms with Crippen molar-refractivity contribution in [1.82, 2.24) is 4.90 Å². The fourth-order valence-electron chi connectivity index (χ4n) is 5.46. The van der Waals surface area contributed by atoms with Gasteiger partial charge in [-0.1, -0.05) is 6.42 Å². The molecule has 0 aromatic rings. The number of hydrogen-bond acceptors (Lipinski definition) is 1. The van der Waals surface area contributed by atoms with E-state index in [-0.39, 0.29) is 11.1 Å². The molecular weight excluding hydrogens is 274 g/mol. The first-order chi connectivity index (χ1) is 10.3. The van der Waals surface area contributed by atoms with Crippen molar-refractivity contribution >= 4 is 5.91 Å². The van der Waals surface area contributed by atoms with Crippen molar-refractivity contribution in [2.24, 2.45) is 0 Å². The van der Waals surface area contributed by atoms with Gasteiger partial charge in [0.05, 0.1) is 17.1 Å². The van der Waals surface area contributed by atoms with Crippen LogP contribution in [0.3, 0.4) is 0 Å². The Bertz CT molecular complexity index is 410. The Morgan fingerprint density at radius 3 is 2.23 bits per heavy atom. The van der Waals surface area contributed by atoms with Gasteiger partial charge in [0, 0.05) is 18.9 Å². The minimum absolute atomic E-state index is 0.236. The van der Waals surface area contributed by atoms with E-state index < -0.39 is 0 Å². The van der Waals surface area contributed by atoms with Gasteiger partial charge in [0.15, 0.2) is 13.2 Å². The molecule has 3 N–H and O–H groups in total. The van der Waals surface area contributed by atoms with Crippen molar-refractivity contribution in [2.45, 2.75) is 95.8 Å². The highest BCUT2D eigenvalue weighted by molar-refractivity contribution is 5.78. The Hall–Kier alpha value is -0.610. The zero-order chi connectivity index (χ0) is 16.0. The lowest BCUT2D eigenvalue weighted by atomic mass is 9.79. The molecular formula is C18H35N3O+2. The monoisotopic (exact) mass is 309 g/mol. The van der Waals surface area contributed by atoms with E-state index in [0.717, 1.165) is 32.1 Å². The molecule has 3 aliphatic rings. The van der Waals surface area contributed by atoms with Crippen LogP contribution in [0, 0.1) is 0 Å². The minimum Gasteiger partial charge on any atom is -0.337 e. The lowest BCUT2D eigenvalue weighted by Crippen LogP contribution is -3.15. The molecule has 2 aliphatic heterocycles. The van der Waals surface area contributed by atoms with Crippen LogP contribution >= 0.6 is 0 Å². The van der Waals surface area contributed by atoms with Crippen LogP contribution in [-0.4, -0.2) is 47.2 Å². The second-order valence-corrected chi connectivity index (χ2v) is 9.38. The van der Waals surface area contributed by atoms with Crippen molar-refractivity contribution in [3.8, 4) is 0 Å². The van der Waals surface area contributed by atoms with Crippen LogP contribution in [0.4, 0.5) is 0 Å². The van der Waals surface area contributed by atoms with Crippen molar-refractivity contribution < 1.29 is 15.0 Å². The molecule has 126 valence electrons. The van der Waals surface area contributed by atoms with E-state index in [2.05, 4.69) is 37.9 Å². The zero-order valence-corrected chi connectivity index (χ0v) is 15.0. The number of carbonyl (C=O) groups excluding carboxylic acids is 1. The Labute approximate surface area is 135 Å². The summed E-state index contributed by atoms with van der Waals surface area (Å²) in [6.07, 6.45) is 9.02.